The molecule has 89 heavy (non-hydrogen) atoms. The van der Waals surface area contributed by atoms with Crippen LogP contribution in [0.5, 0.6) is 0 Å². The molecule has 0 saturated carbocycles. The van der Waals surface area contributed by atoms with Gasteiger partial charge in [0.25, 0.3) is 0 Å². The van der Waals surface area contributed by atoms with Crippen LogP contribution in [0.25, 0.3) is 177 Å². The molecule has 13 aromatic carbocycles. The maximum absolute atomic E-state index is 6.68. The average Bonchev–Trinajstić information content (AvgIpc) is 1.58. The Balaban J connectivity index is 0.794. The van der Waals surface area contributed by atoms with E-state index in [1.54, 1.807) is 0 Å². The van der Waals surface area contributed by atoms with Crippen molar-refractivity contribution < 1.29 is 4.42 Å². The molecular weight excluding hydrogens is 1080 g/mol. The van der Waals surface area contributed by atoms with Crippen LogP contribution in [0.1, 0.15) is 0 Å². The minimum atomic E-state index is 0.608. The highest BCUT2D eigenvalue weighted by molar-refractivity contribution is 6.25. The van der Waals surface area contributed by atoms with Gasteiger partial charge in [-0.25, -0.2) is 9.97 Å². The van der Waals surface area contributed by atoms with E-state index in [0.29, 0.717) is 5.95 Å². The minimum absolute atomic E-state index is 0.608. The lowest BCUT2D eigenvalue weighted by Gasteiger charge is -2.12. The SMILES string of the molecule is c1ccc(-c2cc(-c3ccccc3)nc(-n3c4ccc(-c5ccc6oc7ccc(-c8ccc9c(c8)c8ccc%10c%11ccccc%11n(-c%11ccccc%11)c%10c8n9-c8ccccc8)cc7c6c5)cc4c4cc5c(cc43)c3ccccc3n5-c3ccccc3)n2)cc1. The van der Waals surface area contributed by atoms with Crippen molar-refractivity contribution in [1.29, 1.82) is 0 Å². The molecule has 0 fully saturated rings. The summed E-state index contributed by atoms with van der Waals surface area (Å²) in [6.45, 7) is 0. The second kappa shape index (κ2) is 19.2. The van der Waals surface area contributed by atoms with Crippen molar-refractivity contribution >= 4 is 109 Å². The van der Waals surface area contributed by atoms with Gasteiger partial charge < -0.3 is 18.1 Å². The van der Waals surface area contributed by atoms with Crippen LogP contribution in [-0.2, 0) is 0 Å². The van der Waals surface area contributed by atoms with Gasteiger partial charge >= 0.3 is 0 Å². The number of rotatable bonds is 8. The van der Waals surface area contributed by atoms with Gasteiger partial charge in [0.05, 0.1) is 55.5 Å². The number of aromatic nitrogens is 6. The van der Waals surface area contributed by atoms with Crippen molar-refractivity contribution in [1.82, 2.24) is 28.2 Å². The van der Waals surface area contributed by atoms with Gasteiger partial charge in [0.15, 0.2) is 0 Å². The Kier molecular flexibility index (Phi) is 10.6. The van der Waals surface area contributed by atoms with E-state index in [9.17, 15) is 0 Å². The highest BCUT2D eigenvalue weighted by atomic mass is 16.3. The average molecular weight is 1140 g/mol. The monoisotopic (exact) mass is 1130 g/mol. The third kappa shape index (κ3) is 7.52. The van der Waals surface area contributed by atoms with Crippen LogP contribution in [0.3, 0.4) is 0 Å². The van der Waals surface area contributed by atoms with Gasteiger partial charge in [0.1, 0.15) is 11.2 Å². The van der Waals surface area contributed by atoms with E-state index in [1.165, 1.54) is 43.5 Å². The molecule has 0 aliphatic heterocycles. The fourth-order valence-electron chi connectivity index (χ4n) is 14.3. The Bertz CT molecular complexity index is 6020. The molecule has 0 spiro atoms. The number of furan rings is 1. The number of hydrogen-bond donors (Lipinski definition) is 0. The molecule has 7 nitrogen and oxygen atoms in total. The lowest BCUT2D eigenvalue weighted by atomic mass is 9.98. The highest BCUT2D eigenvalue weighted by Gasteiger charge is 2.25. The summed E-state index contributed by atoms with van der Waals surface area (Å²) in [6.07, 6.45) is 0. The van der Waals surface area contributed by atoms with Gasteiger partial charge in [0, 0.05) is 82.1 Å². The van der Waals surface area contributed by atoms with Crippen LogP contribution in [0.2, 0.25) is 0 Å². The molecule has 0 radical (unpaired) electrons. The van der Waals surface area contributed by atoms with E-state index in [1.807, 2.05) is 12.1 Å². The fraction of sp³-hybridized carbons (Fsp3) is 0. The van der Waals surface area contributed by atoms with E-state index in [2.05, 4.69) is 309 Å². The molecule has 0 saturated heterocycles. The first-order chi connectivity index (χ1) is 44.1. The molecule has 414 valence electrons. The summed E-state index contributed by atoms with van der Waals surface area (Å²) < 4.78 is 16.3. The first kappa shape index (κ1) is 49.2. The zero-order valence-electron chi connectivity index (χ0n) is 48.0. The van der Waals surface area contributed by atoms with Gasteiger partial charge in [0.2, 0.25) is 5.95 Å². The third-order valence-electron chi connectivity index (χ3n) is 18.4. The zero-order chi connectivity index (χ0) is 58.3. The normalized spacial score (nSPS) is 12.0. The van der Waals surface area contributed by atoms with Crippen LogP contribution in [0.15, 0.2) is 308 Å². The first-order valence-corrected chi connectivity index (χ1v) is 30.3. The molecular formula is C82H50N6O. The standard InChI is InChI=1S/C82H50N6O/c1-6-20-51(21-7-1)70-50-71(52-22-8-2-9-23-52)84-82(83-70)88-75-41-35-54(45-65(75)67-49-76-66(48-77(67)88)61-31-17-18-32-72(61)85(76)57-24-10-3-11-25-57)56-37-43-79-69(47-56)68-46-55(36-42-78(68)89-79)53-34-40-74-64(44-53)63-39-38-62-60-30-16-19-33-73(60)86(58-26-12-4-13-27-58)80(62)81(63)87(74)59-28-14-5-15-29-59/h1-50H. The molecule has 19 rings (SSSR count). The molecule has 0 amide bonds. The summed E-state index contributed by atoms with van der Waals surface area (Å²) in [4.78, 5) is 10.9. The first-order valence-electron chi connectivity index (χ1n) is 30.3. The second-order valence-corrected chi connectivity index (χ2v) is 23.3. The van der Waals surface area contributed by atoms with E-state index >= 15 is 0 Å². The summed E-state index contributed by atoms with van der Waals surface area (Å²) in [6, 6.07) is 109. The summed E-state index contributed by atoms with van der Waals surface area (Å²) in [7, 11) is 0. The number of benzene rings is 13. The van der Waals surface area contributed by atoms with Gasteiger partial charge in [-0.05, 0) is 138 Å². The Morgan fingerprint density at radius 2 is 0.562 bits per heavy atom. The number of fused-ring (bicyclic) bond motifs is 16. The third-order valence-corrected chi connectivity index (χ3v) is 18.4. The summed E-state index contributed by atoms with van der Waals surface area (Å²) >= 11 is 0. The molecule has 0 atom stereocenters. The molecule has 0 bridgehead atoms. The Morgan fingerprint density at radius 1 is 0.213 bits per heavy atom. The van der Waals surface area contributed by atoms with Gasteiger partial charge in [-0.3, -0.25) is 4.57 Å². The fourth-order valence-corrected chi connectivity index (χ4v) is 14.3. The molecule has 0 aliphatic rings. The van der Waals surface area contributed by atoms with Gasteiger partial charge in [-0.2, -0.15) is 0 Å². The quantitative estimate of drug-likeness (QED) is 0.152. The highest BCUT2D eigenvalue weighted by Crippen LogP contribution is 2.46. The van der Waals surface area contributed by atoms with Crippen molar-refractivity contribution in [2.45, 2.75) is 0 Å². The van der Waals surface area contributed by atoms with Crippen LogP contribution < -0.4 is 0 Å². The number of hydrogen-bond acceptors (Lipinski definition) is 3. The van der Waals surface area contributed by atoms with E-state index < -0.39 is 0 Å². The van der Waals surface area contributed by atoms with Crippen LogP contribution in [-0.4, -0.2) is 28.2 Å². The van der Waals surface area contributed by atoms with Crippen molar-refractivity contribution in [3.8, 4) is 67.8 Å². The lowest BCUT2D eigenvalue weighted by Crippen LogP contribution is -2.04. The van der Waals surface area contributed by atoms with Crippen molar-refractivity contribution in [2.24, 2.45) is 0 Å². The molecule has 0 unspecified atom stereocenters. The predicted octanol–water partition coefficient (Wildman–Crippen LogP) is 21.4. The van der Waals surface area contributed by atoms with Crippen molar-refractivity contribution in [3.05, 3.63) is 303 Å². The molecule has 19 aromatic rings. The number of para-hydroxylation sites is 5. The van der Waals surface area contributed by atoms with Gasteiger partial charge in [-0.1, -0.05) is 188 Å². The molecule has 0 N–H and O–H groups in total. The van der Waals surface area contributed by atoms with Gasteiger partial charge in [-0.15, -0.1) is 0 Å². The zero-order valence-corrected chi connectivity index (χ0v) is 48.0. The smallest absolute Gasteiger partial charge is 0.235 e. The molecule has 6 heterocycles. The lowest BCUT2D eigenvalue weighted by molar-refractivity contribution is 0.669. The van der Waals surface area contributed by atoms with Crippen LogP contribution in [0.4, 0.5) is 0 Å². The Hall–Kier alpha value is -12.1. The van der Waals surface area contributed by atoms with Crippen LogP contribution >= 0.6 is 0 Å². The second-order valence-electron chi connectivity index (χ2n) is 23.3. The minimum Gasteiger partial charge on any atom is -0.456 e. The van der Waals surface area contributed by atoms with E-state index in [-0.39, 0.29) is 0 Å². The molecule has 7 heteroatoms. The summed E-state index contributed by atoms with van der Waals surface area (Å²) in [5.74, 6) is 0.608. The van der Waals surface area contributed by atoms with Crippen LogP contribution in [0, 0.1) is 0 Å². The largest absolute Gasteiger partial charge is 0.456 e. The maximum atomic E-state index is 6.68. The number of nitrogens with zero attached hydrogens (tertiary/aromatic N) is 6. The topological polar surface area (TPSA) is 58.6 Å². The van der Waals surface area contributed by atoms with Crippen molar-refractivity contribution in [2.75, 3.05) is 0 Å². The summed E-state index contributed by atoms with van der Waals surface area (Å²) in [5.41, 5.74) is 22.3. The summed E-state index contributed by atoms with van der Waals surface area (Å²) in [5, 5.41) is 11.5. The molecule has 0 aliphatic carbocycles. The Morgan fingerprint density at radius 3 is 1.08 bits per heavy atom. The van der Waals surface area contributed by atoms with E-state index in [4.69, 9.17) is 14.4 Å². The predicted molar refractivity (Wildman–Crippen MR) is 368 cm³/mol. The molecule has 6 aromatic heterocycles. The van der Waals surface area contributed by atoms with Crippen molar-refractivity contribution in [3.63, 3.8) is 0 Å². The maximum Gasteiger partial charge on any atom is 0.235 e. The van der Waals surface area contributed by atoms with E-state index in [0.717, 1.165) is 128 Å². The Labute approximate surface area is 510 Å².